The number of hydrazone groups is 1. The Balaban J connectivity index is 1.63. The van der Waals surface area contributed by atoms with Crippen LogP contribution in [0.1, 0.15) is 19.4 Å². The van der Waals surface area contributed by atoms with Crippen LogP contribution >= 0.6 is 0 Å². The van der Waals surface area contributed by atoms with Crippen LogP contribution < -0.4 is 4.74 Å². The summed E-state index contributed by atoms with van der Waals surface area (Å²) in [6, 6.07) is 15.1. The van der Waals surface area contributed by atoms with Crippen LogP contribution in [0.2, 0.25) is 0 Å². The van der Waals surface area contributed by atoms with Gasteiger partial charge in [0.2, 0.25) is 18.0 Å². The number of aromatic nitrogens is 3. The van der Waals surface area contributed by atoms with Crippen LogP contribution in [0, 0.1) is 0 Å². The van der Waals surface area contributed by atoms with Crippen LogP contribution in [0.3, 0.4) is 0 Å². The van der Waals surface area contributed by atoms with Crippen LogP contribution in [0.4, 0.5) is 0 Å². The molecular formula is C19H19N5O3. The molecule has 8 nitrogen and oxygen atoms in total. The van der Waals surface area contributed by atoms with Crippen molar-refractivity contribution in [3.05, 3.63) is 54.1 Å². The summed E-state index contributed by atoms with van der Waals surface area (Å²) in [6.07, 6.45) is -0.614. The van der Waals surface area contributed by atoms with Gasteiger partial charge in [-0.1, -0.05) is 29.5 Å². The molecule has 0 radical (unpaired) electrons. The highest BCUT2D eigenvalue weighted by Gasteiger charge is 2.33. The fraction of sp³-hybridized carbons (Fsp3) is 0.263. The van der Waals surface area contributed by atoms with Gasteiger partial charge >= 0.3 is 0 Å². The Morgan fingerprint density at radius 3 is 2.78 bits per heavy atom. The Morgan fingerprint density at radius 1 is 1.19 bits per heavy atom. The van der Waals surface area contributed by atoms with Crippen molar-refractivity contribution < 1.29 is 14.3 Å². The third-order valence-corrected chi connectivity index (χ3v) is 4.21. The van der Waals surface area contributed by atoms with E-state index >= 15 is 0 Å². The van der Waals surface area contributed by atoms with Gasteiger partial charge in [-0.15, -0.1) is 10.2 Å². The summed E-state index contributed by atoms with van der Waals surface area (Å²) in [5.41, 5.74) is 2.36. The minimum Gasteiger partial charge on any atom is -0.493 e. The van der Waals surface area contributed by atoms with Gasteiger partial charge in [0.1, 0.15) is 17.8 Å². The summed E-state index contributed by atoms with van der Waals surface area (Å²) in [5.74, 6) is 0.797. The summed E-state index contributed by atoms with van der Waals surface area (Å²) in [7, 11) is 0. The predicted molar refractivity (Wildman–Crippen MR) is 99.1 cm³/mol. The number of carbonyl (C=O) groups excluding carboxylic acids is 1. The molecule has 1 aromatic heterocycles. The molecule has 3 aromatic rings. The number of carbonyl (C=O) groups is 1. The molecule has 27 heavy (non-hydrogen) atoms. The fourth-order valence-corrected chi connectivity index (χ4v) is 2.99. The lowest BCUT2D eigenvalue weighted by atomic mass is 10.2. The van der Waals surface area contributed by atoms with Gasteiger partial charge in [-0.05, 0) is 31.2 Å². The average Bonchev–Trinajstić information content (AvgIpc) is 3.28. The lowest BCUT2D eigenvalue weighted by Crippen LogP contribution is -2.35. The Kier molecular flexibility index (Phi) is 4.45. The van der Waals surface area contributed by atoms with Gasteiger partial charge in [0.25, 0.3) is 0 Å². The molecule has 138 valence electrons. The van der Waals surface area contributed by atoms with Crippen LogP contribution in [0.15, 0.2) is 53.6 Å². The number of rotatable bonds is 5. The summed E-state index contributed by atoms with van der Waals surface area (Å²) in [5, 5.41) is 14.0. The van der Waals surface area contributed by atoms with Crippen molar-refractivity contribution in [3.8, 4) is 5.75 Å². The molecular weight excluding hydrogens is 346 g/mol. The Hall–Kier alpha value is -3.42. The summed E-state index contributed by atoms with van der Waals surface area (Å²) < 4.78 is 13.4. The zero-order valence-corrected chi connectivity index (χ0v) is 15.1. The topological polar surface area (TPSA) is 81.8 Å². The number of amides is 1. The molecule has 0 bridgehead atoms. The highest BCUT2D eigenvalue weighted by molar-refractivity contribution is 5.98. The second-order valence-corrected chi connectivity index (χ2v) is 6.03. The van der Waals surface area contributed by atoms with Crippen molar-refractivity contribution in [1.82, 2.24) is 20.0 Å². The summed E-state index contributed by atoms with van der Waals surface area (Å²) in [6.45, 7) is 4.20. The number of nitrogens with zero attached hydrogens (tertiary/aromatic N) is 5. The van der Waals surface area contributed by atoms with Crippen LogP contribution in [0.5, 0.6) is 5.75 Å². The molecule has 2 heterocycles. The van der Waals surface area contributed by atoms with E-state index in [1.54, 1.807) is 4.68 Å². The molecule has 0 N–H and O–H groups in total. The smallest absolute Gasteiger partial charge is 0.244 e. The summed E-state index contributed by atoms with van der Waals surface area (Å²) in [4.78, 5) is 12.1. The zero-order valence-electron chi connectivity index (χ0n) is 15.1. The maximum absolute atomic E-state index is 12.1. The lowest BCUT2D eigenvalue weighted by molar-refractivity contribution is -0.135. The minimum atomic E-state index is -0.614. The van der Waals surface area contributed by atoms with Crippen molar-refractivity contribution in [2.24, 2.45) is 5.10 Å². The number of hydrogen-bond donors (Lipinski definition) is 0. The third kappa shape index (κ3) is 3.21. The van der Waals surface area contributed by atoms with Crippen molar-refractivity contribution in [2.75, 3.05) is 6.61 Å². The Labute approximate surface area is 156 Å². The number of benzene rings is 2. The molecule has 1 aliphatic rings. The van der Waals surface area contributed by atoms with E-state index in [1.807, 2.05) is 55.5 Å². The SMILES string of the molecule is CCOc1ccccc1C1=NN(C(C)=O)C(Cn2nnc3ccccc32)O1. The molecule has 8 heteroatoms. The average molecular weight is 365 g/mol. The molecule has 0 aliphatic carbocycles. The van der Waals surface area contributed by atoms with Gasteiger partial charge in [0, 0.05) is 6.92 Å². The monoisotopic (exact) mass is 365 g/mol. The first-order valence-electron chi connectivity index (χ1n) is 8.73. The Bertz CT molecular complexity index is 1010. The zero-order chi connectivity index (χ0) is 18.8. The van der Waals surface area contributed by atoms with Crippen molar-refractivity contribution in [2.45, 2.75) is 26.6 Å². The molecule has 1 aliphatic heterocycles. The Morgan fingerprint density at radius 2 is 1.96 bits per heavy atom. The van der Waals surface area contributed by atoms with Crippen molar-refractivity contribution in [3.63, 3.8) is 0 Å². The van der Waals surface area contributed by atoms with Crippen LogP contribution in [0.25, 0.3) is 11.0 Å². The number of ether oxygens (including phenoxy) is 2. The molecule has 2 aromatic carbocycles. The second-order valence-electron chi connectivity index (χ2n) is 6.03. The number of hydrogen-bond acceptors (Lipinski definition) is 6. The standard InChI is InChI=1S/C19H19N5O3/c1-3-26-17-11-7-4-8-14(17)19-21-24(13(2)25)18(27-19)12-23-16-10-6-5-9-15(16)20-22-23/h4-11,18H,3,12H2,1-2H3. The van der Waals surface area contributed by atoms with Gasteiger partial charge in [0.15, 0.2) is 0 Å². The van der Waals surface area contributed by atoms with Crippen molar-refractivity contribution in [1.29, 1.82) is 0 Å². The minimum absolute atomic E-state index is 0.215. The predicted octanol–water partition coefficient (Wildman–Crippen LogP) is 2.40. The number of para-hydroxylation sites is 2. The molecule has 0 spiro atoms. The summed E-state index contributed by atoms with van der Waals surface area (Å²) >= 11 is 0. The molecule has 1 atom stereocenters. The third-order valence-electron chi connectivity index (χ3n) is 4.21. The van der Waals surface area contributed by atoms with E-state index in [9.17, 15) is 4.79 Å². The van der Waals surface area contributed by atoms with E-state index in [4.69, 9.17) is 9.47 Å². The van der Waals surface area contributed by atoms with Gasteiger partial charge in [0.05, 0.1) is 17.7 Å². The van der Waals surface area contributed by atoms with Gasteiger partial charge in [-0.3, -0.25) is 4.79 Å². The highest BCUT2D eigenvalue weighted by Crippen LogP contribution is 2.26. The maximum Gasteiger partial charge on any atom is 0.244 e. The van der Waals surface area contributed by atoms with E-state index < -0.39 is 6.23 Å². The molecule has 1 amide bonds. The first-order chi connectivity index (χ1) is 13.2. The van der Waals surface area contributed by atoms with Crippen molar-refractivity contribution >= 4 is 22.8 Å². The molecule has 0 saturated heterocycles. The number of fused-ring (bicyclic) bond motifs is 1. The lowest BCUT2D eigenvalue weighted by Gasteiger charge is -2.19. The quantitative estimate of drug-likeness (QED) is 0.693. The fourth-order valence-electron chi connectivity index (χ4n) is 2.99. The highest BCUT2D eigenvalue weighted by atomic mass is 16.5. The van der Waals surface area contributed by atoms with E-state index in [-0.39, 0.29) is 5.91 Å². The van der Waals surface area contributed by atoms with Gasteiger partial charge in [-0.2, -0.15) is 5.01 Å². The second kappa shape index (κ2) is 7.06. The van der Waals surface area contributed by atoms with E-state index in [0.717, 1.165) is 11.0 Å². The van der Waals surface area contributed by atoms with Gasteiger partial charge < -0.3 is 9.47 Å². The first-order valence-corrected chi connectivity index (χ1v) is 8.73. The van der Waals surface area contributed by atoms with E-state index in [2.05, 4.69) is 15.4 Å². The normalized spacial score (nSPS) is 16.3. The van der Waals surface area contributed by atoms with E-state index in [1.165, 1.54) is 11.9 Å². The van der Waals surface area contributed by atoms with Crippen LogP contribution in [-0.4, -0.2) is 44.6 Å². The maximum atomic E-state index is 12.1. The molecule has 4 rings (SSSR count). The molecule has 0 fully saturated rings. The van der Waals surface area contributed by atoms with Crippen LogP contribution in [-0.2, 0) is 16.1 Å². The largest absolute Gasteiger partial charge is 0.493 e. The van der Waals surface area contributed by atoms with E-state index in [0.29, 0.717) is 30.4 Å². The molecule has 0 saturated carbocycles. The van der Waals surface area contributed by atoms with Gasteiger partial charge in [-0.25, -0.2) is 4.68 Å². The molecule has 1 unspecified atom stereocenters. The first kappa shape index (κ1) is 17.0.